The average molecular weight is 459 g/mol. The molecule has 0 radical (unpaired) electrons. The molecule has 33 heavy (non-hydrogen) atoms. The van der Waals surface area contributed by atoms with Crippen molar-refractivity contribution in [3.05, 3.63) is 29.8 Å². The molecule has 2 amide bonds. The minimum Gasteiger partial charge on any atom is -0.481 e. The number of rotatable bonds is 7. The number of benzene rings is 1. The minimum atomic E-state index is -1.29. The lowest BCUT2D eigenvalue weighted by molar-refractivity contribution is -0.140. The standard InChI is InChI=1S/C20H25N7O6/c21-20-24-16-15(18(31)25-20)27-9-26(8-12(27)7-22-16)11-3-1-10(2-4-11)17(30)23-13(19(32)33)5-6-14(28)29/h1-4,12-13,15-16,22H,5-9H2,(H,23,30)(H,28,29)(H,32,33)(H3,21,24,25,31)/t12-,13+,15?,16?/m1/s1. The van der Waals surface area contributed by atoms with Crippen molar-refractivity contribution in [2.75, 3.05) is 24.7 Å². The van der Waals surface area contributed by atoms with Crippen molar-refractivity contribution in [1.82, 2.24) is 20.9 Å². The molecule has 0 aromatic heterocycles. The lowest BCUT2D eigenvalue weighted by atomic mass is 10.1. The number of guanidine groups is 1. The highest BCUT2D eigenvalue weighted by atomic mass is 16.4. The normalized spacial score (nSPS) is 25.3. The summed E-state index contributed by atoms with van der Waals surface area (Å²) in [7, 11) is 0. The zero-order valence-electron chi connectivity index (χ0n) is 17.6. The minimum absolute atomic E-state index is 0.0973. The number of fused-ring (bicyclic) bond motifs is 3. The maximum atomic E-state index is 12.5. The molecule has 176 valence electrons. The molecule has 3 aliphatic rings. The van der Waals surface area contributed by atoms with Gasteiger partial charge in [-0.25, -0.2) is 9.79 Å². The Hall–Kier alpha value is -3.71. The predicted octanol–water partition coefficient (Wildman–Crippen LogP) is -2.08. The molecule has 0 spiro atoms. The van der Waals surface area contributed by atoms with Crippen LogP contribution in [0.4, 0.5) is 5.69 Å². The van der Waals surface area contributed by atoms with Gasteiger partial charge < -0.3 is 26.2 Å². The van der Waals surface area contributed by atoms with E-state index >= 15 is 0 Å². The number of carboxylic acid groups (broad SMARTS) is 2. The lowest BCUT2D eigenvalue weighted by Gasteiger charge is -2.41. The van der Waals surface area contributed by atoms with Crippen molar-refractivity contribution in [2.45, 2.75) is 37.1 Å². The van der Waals surface area contributed by atoms with Crippen LogP contribution in [0.1, 0.15) is 23.2 Å². The Morgan fingerprint density at radius 3 is 2.64 bits per heavy atom. The third-order valence-corrected chi connectivity index (χ3v) is 6.00. The van der Waals surface area contributed by atoms with Gasteiger partial charge in [-0.1, -0.05) is 0 Å². The molecule has 1 aromatic carbocycles. The van der Waals surface area contributed by atoms with Crippen LogP contribution in [0.15, 0.2) is 29.3 Å². The van der Waals surface area contributed by atoms with Crippen LogP contribution in [0.5, 0.6) is 0 Å². The molecular formula is C20H25N7O6. The topological polar surface area (TPSA) is 190 Å². The number of carbonyl (C=O) groups is 4. The monoisotopic (exact) mass is 459 g/mol. The first-order valence-corrected chi connectivity index (χ1v) is 10.5. The Labute approximate surface area is 188 Å². The Kier molecular flexibility index (Phi) is 6.16. The van der Waals surface area contributed by atoms with Gasteiger partial charge in [0.05, 0.1) is 6.67 Å². The summed E-state index contributed by atoms with van der Waals surface area (Å²) in [6.07, 6.45) is -0.974. The summed E-state index contributed by atoms with van der Waals surface area (Å²) in [5, 5.41) is 26.2. The van der Waals surface area contributed by atoms with Gasteiger partial charge in [0.15, 0.2) is 5.96 Å². The summed E-state index contributed by atoms with van der Waals surface area (Å²) in [6.45, 7) is 1.82. The van der Waals surface area contributed by atoms with Crippen molar-refractivity contribution in [2.24, 2.45) is 10.7 Å². The lowest BCUT2D eigenvalue weighted by Crippen LogP contribution is -2.68. The van der Waals surface area contributed by atoms with Gasteiger partial charge in [0, 0.05) is 36.8 Å². The van der Waals surface area contributed by atoms with Gasteiger partial charge in [-0.15, -0.1) is 0 Å². The second kappa shape index (κ2) is 9.03. The smallest absolute Gasteiger partial charge is 0.326 e. The first-order valence-electron chi connectivity index (χ1n) is 10.5. The quantitative estimate of drug-likeness (QED) is 0.264. The highest BCUT2D eigenvalue weighted by molar-refractivity contribution is 6.01. The highest BCUT2D eigenvalue weighted by Gasteiger charge is 2.47. The summed E-state index contributed by atoms with van der Waals surface area (Å²) >= 11 is 0. The van der Waals surface area contributed by atoms with Gasteiger partial charge in [0.1, 0.15) is 18.2 Å². The number of hydrogen-bond donors (Lipinski definition) is 6. The van der Waals surface area contributed by atoms with E-state index in [0.29, 0.717) is 19.8 Å². The number of hydrogen-bond acceptors (Lipinski definition) is 9. The Morgan fingerprint density at radius 1 is 1.24 bits per heavy atom. The van der Waals surface area contributed by atoms with E-state index < -0.39 is 36.1 Å². The summed E-state index contributed by atoms with van der Waals surface area (Å²) < 4.78 is 0. The van der Waals surface area contributed by atoms with Gasteiger partial charge in [-0.05, 0) is 30.7 Å². The summed E-state index contributed by atoms with van der Waals surface area (Å²) in [6, 6.07) is 5.01. The van der Waals surface area contributed by atoms with Crippen LogP contribution < -0.4 is 26.6 Å². The van der Waals surface area contributed by atoms with Crippen LogP contribution in [0, 0.1) is 0 Å². The van der Waals surface area contributed by atoms with Gasteiger partial charge >= 0.3 is 11.9 Å². The van der Waals surface area contributed by atoms with Crippen molar-refractivity contribution in [1.29, 1.82) is 0 Å². The fourth-order valence-corrected chi connectivity index (χ4v) is 4.35. The molecule has 0 saturated carbocycles. The zero-order valence-corrected chi connectivity index (χ0v) is 17.6. The second-order valence-electron chi connectivity index (χ2n) is 8.18. The number of nitrogens with zero attached hydrogens (tertiary/aromatic N) is 3. The molecule has 13 heteroatoms. The molecule has 13 nitrogen and oxygen atoms in total. The zero-order chi connectivity index (χ0) is 23.7. The summed E-state index contributed by atoms with van der Waals surface area (Å²) in [5.41, 5.74) is 6.77. The van der Waals surface area contributed by atoms with Gasteiger partial charge in [0.2, 0.25) is 5.91 Å². The van der Waals surface area contributed by atoms with E-state index in [1.165, 1.54) is 0 Å². The number of aliphatic imine (C=N–C) groups is 1. The molecule has 7 N–H and O–H groups in total. The molecule has 2 saturated heterocycles. The van der Waals surface area contributed by atoms with Crippen LogP contribution in [-0.2, 0) is 14.4 Å². The van der Waals surface area contributed by atoms with Crippen molar-refractivity contribution >= 4 is 35.4 Å². The van der Waals surface area contributed by atoms with E-state index in [-0.39, 0.29) is 36.3 Å². The molecule has 4 atom stereocenters. The summed E-state index contributed by atoms with van der Waals surface area (Å²) in [5.74, 6) is -3.12. The fourth-order valence-electron chi connectivity index (χ4n) is 4.35. The number of piperazine rings is 1. The van der Waals surface area contributed by atoms with E-state index in [1.54, 1.807) is 24.3 Å². The molecule has 2 fully saturated rings. The Balaban J connectivity index is 1.41. The third-order valence-electron chi connectivity index (χ3n) is 6.00. The first-order chi connectivity index (χ1) is 15.7. The third kappa shape index (κ3) is 4.73. The van der Waals surface area contributed by atoms with Crippen molar-refractivity contribution < 1.29 is 29.4 Å². The molecule has 0 aliphatic carbocycles. The SMILES string of the molecule is NC1=NC2NC[C@@H]3CN(c4ccc(C(=O)N[C@@H](CCC(=O)O)C(=O)O)cc4)CN3C2C(=O)N1. The van der Waals surface area contributed by atoms with Crippen molar-refractivity contribution in [3.63, 3.8) is 0 Å². The highest BCUT2D eigenvalue weighted by Crippen LogP contribution is 2.28. The average Bonchev–Trinajstić information content (AvgIpc) is 3.20. The number of carboxylic acids is 2. The maximum absolute atomic E-state index is 12.5. The van der Waals surface area contributed by atoms with Crippen LogP contribution >= 0.6 is 0 Å². The maximum Gasteiger partial charge on any atom is 0.326 e. The van der Waals surface area contributed by atoms with Crippen molar-refractivity contribution in [3.8, 4) is 0 Å². The van der Waals surface area contributed by atoms with Gasteiger partial charge in [-0.2, -0.15) is 0 Å². The van der Waals surface area contributed by atoms with E-state index in [4.69, 9.17) is 10.8 Å². The second-order valence-corrected chi connectivity index (χ2v) is 8.18. The van der Waals surface area contributed by atoms with Gasteiger partial charge in [0.25, 0.3) is 5.91 Å². The summed E-state index contributed by atoms with van der Waals surface area (Å²) in [4.78, 5) is 55.4. The molecule has 2 unspecified atom stereocenters. The predicted molar refractivity (Wildman–Crippen MR) is 115 cm³/mol. The van der Waals surface area contributed by atoms with E-state index in [2.05, 4.69) is 30.7 Å². The van der Waals surface area contributed by atoms with Crippen LogP contribution in [-0.4, -0.2) is 88.9 Å². The number of nitrogens with two attached hydrogens (primary N) is 1. The number of amides is 2. The van der Waals surface area contributed by atoms with E-state index in [9.17, 15) is 24.3 Å². The number of carbonyl (C=O) groups excluding carboxylic acids is 2. The number of anilines is 1. The number of aliphatic carboxylic acids is 2. The molecule has 0 bridgehead atoms. The molecule has 3 aliphatic heterocycles. The van der Waals surface area contributed by atoms with E-state index in [0.717, 1.165) is 5.69 Å². The Morgan fingerprint density at radius 2 is 1.97 bits per heavy atom. The van der Waals surface area contributed by atoms with Crippen LogP contribution in [0.25, 0.3) is 0 Å². The van der Waals surface area contributed by atoms with E-state index in [1.807, 2.05) is 0 Å². The largest absolute Gasteiger partial charge is 0.481 e. The first kappa shape index (κ1) is 22.5. The fraction of sp³-hybridized carbons (Fsp3) is 0.450. The molecule has 4 rings (SSSR count). The van der Waals surface area contributed by atoms with Gasteiger partial charge in [-0.3, -0.25) is 29.9 Å². The van der Waals surface area contributed by atoms with Crippen LogP contribution in [0.2, 0.25) is 0 Å². The Bertz CT molecular complexity index is 997. The number of nitrogens with one attached hydrogen (secondary N) is 3. The molecular weight excluding hydrogens is 434 g/mol. The van der Waals surface area contributed by atoms with Crippen LogP contribution in [0.3, 0.4) is 0 Å². The molecule has 1 aromatic rings. The molecule has 3 heterocycles.